The summed E-state index contributed by atoms with van der Waals surface area (Å²) in [5.41, 5.74) is 3.28. The maximum Gasteiger partial charge on any atom is 0.269 e. The number of para-hydroxylation sites is 3. The third kappa shape index (κ3) is 6.01. The van der Waals surface area contributed by atoms with Gasteiger partial charge >= 0.3 is 0 Å². The summed E-state index contributed by atoms with van der Waals surface area (Å²) in [7, 11) is 0. The molecule has 3 atom stereocenters. The monoisotopic (exact) mass is 655 g/mol. The van der Waals surface area contributed by atoms with E-state index in [-0.39, 0.29) is 31.6 Å². The van der Waals surface area contributed by atoms with E-state index < -0.39 is 17.4 Å². The second kappa shape index (κ2) is 13.5. The number of aliphatic hydroxyl groups excluding tert-OH is 1. The molecule has 1 aromatic heterocycles. The van der Waals surface area contributed by atoms with Gasteiger partial charge in [-0.2, -0.15) is 0 Å². The molecule has 0 spiro atoms. The van der Waals surface area contributed by atoms with E-state index in [9.17, 15) is 19.8 Å². The molecular formula is C39H37N5O5. The largest absolute Gasteiger partial charge is 0.482 e. The van der Waals surface area contributed by atoms with Gasteiger partial charge in [-0.1, -0.05) is 97.1 Å². The van der Waals surface area contributed by atoms with Crippen LogP contribution in [0.4, 0.5) is 17.1 Å². The number of carbonyl (C=O) groups excluding carboxylic acids is 2. The number of aromatic nitrogens is 3. The Morgan fingerprint density at radius 3 is 2.51 bits per heavy atom. The zero-order valence-electron chi connectivity index (χ0n) is 27.1. The summed E-state index contributed by atoms with van der Waals surface area (Å²) in [4.78, 5) is 30.3. The van der Waals surface area contributed by atoms with Gasteiger partial charge in [-0.15, -0.1) is 5.10 Å². The number of aliphatic hydroxyl groups is 2. The van der Waals surface area contributed by atoms with Gasteiger partial charge in [0.05, 0.1) is 36.1 Å². The molecule has 10 heteroatoms. The highest BCUT2D eigenvalue weighted by atomic mass is 16.5. The van der Waals surface area contributed by atoms with Gasteiger partial charge in [0.15, 0.2) is 12.2 Å². The molecule has 0 bridgehead atoms. The first-order chi connectivity index (χ1) is 23.9. The summed E-state index contributed by atoms with van der Waals surface area (Å²) >= 11 is 0. The number of amides is 2. The number of benzene rings is 4. The molecule has 2 aliphatic heterocycles. The number of anilines is 3. The van der Waals surface area contributed by atoms with Crippen molar-refractivity contribution in [3.8, 4) is 5.75 Å². The van der Waals surface area contributed by atoms with Gasteiger partial charge in [0, 0.05) is 29.9 Å². The minimum absolute atomic E-state index is 0.0595. The minimum Gasteiger partial charge on any atom is -0.482 e. The molecule has 3 heterocycles. The van der Waals surface area contributed by atoms with Crippen LogP contribution in [0, 0.1) is 5.92 Å². The molecule has 4 aromatic carbocycles. The summed E-state index contributed by atoms with van der Waals surface area (Å²) in [6.07, 6.45) is 6.27. The second-order valence-corrected chi connectivity index (χ2v) is 12.4. The van der Waals surface area contributed by atoms with Crippen LogP contribution in [-0.2, 0) is 28.3 Å². The topological polar surface area (TPSA) is 121 Å². The number of allylic oxidation sites excluding steroid dienone is 1. The van der Waals surface area contributed by atoms with Gasteiger partial charge < -0.3 is 19.8 Å². The van der Waals surface area contributed by atoms with Gasteiger partial charge in [-0.05, 0) is 47.9 Å². The number of ether oxygens (including phenoxy) is 1. The molecule has 5 aromatic rings. The molecule has 2 N–H and O–H groups in total. The number of nitrogens with zero attached hydrogens (tertiary/aromatic N) is 5. The number of hydrogen-bond acceptors (Lipinski definition) is 7. The molecule has 2 aliphatic rings. The van der Waals surface area contributed by atoms with Gasteiger partial charge in [0.2, 0.25) is 0 Å². The lowest BCUT2D eigenvalue weighted by Crippen LogP contribution is -2.44. The van der Waals surface area contributed by atoms with Gasteiger partial charge in [-0.25, -0.2) is 0 Å². The Balaban J connectivity index is 1.06. The molecule has 7 rings (SSSR count). The van der Waals surface area contributed by atoms with Gasteiger partial charge in [0.1, 0.15) is 5.75 Å². The molecule has 0 aliphatic carbocycles. The highest BCUT2D eigenvalue weighted by Gasteiger charge is 2.52. The van der Waals surface area contributed by atoms with Gasteiger partial charge in [0.25, 0.3) is 11.8 Å². The van der Waals surface area contributed by atoms with Crippen LogP contribution in [0.5, 0.6) is 5.75 Å². The minimum atomic E-state index is -1.76. The first-order valence-electron chi connectivity index (χ1n) is 16.4. The van der Waals surface area contributed by atoms with Crippen molar-refractivity contribution in [3.05, 3.63) is 144 Å². The van der Waals surface area contributed by atoms with E-state index in [1.807, 2.05) is 122 Å². The van der Waals surface area contributed by atoms with Crippen LogP contribution < -0.4 is 14.5 Å². The number of rotatable bonds is 11. The average Bonchev–Trinajstić information content (AvgIpc) is 3.68. The van der Waals surface area contributed by atoms with E-state index in [0.29, 0.717) is 47.0 Å². The van der Waals surface area contributed by atoms with Crippen LogP contribution in [0.3, 0.4) is 0 Å². The lowest BCUT2D eigenvalue weighted by Gasteiger charge is -2.30. The summed E-state index contributed by atoms with van der Waals surface area (Å²) in [5.74, 6) is -0.729. The van der Waals surface area contributed by atoms with Gasteiger partial charge in [-0.3, -0.25) is 19.2 Å². The van der Waals surface area contributed by atoms with Crippen molar-refractivity contribution in [2.24, 2.45) is 5.92 Å². The van der Waals surface area contributed by atoms with E-state index in [1.165, 1.54) is 0 Å². The molecule has 49 heavy (non-hydrogen) atoms. The zero-order valence-corrected chi connectivity index (χ0v) is 27.1. The highest BCUT2D eigenvalue weighted by Crippen LogP contribution is 2.46. The Labute approximate surface area is 284 Å². The van der Waals surface area contributed by atoms with E-state index in [0.717, 1.165) is 11.1 Å². The Bertz CT molecular complexity index is 2010. The quantitative estimate of drug-likeness (QED) is 0.181. The number of fused-ring (bicyclic) bond motifs is 2. The van der Waals surface area contributed by atoms with Crippen LogP contribution in [0.2, 0.25) is 0 Å². The fraction of sp³-hybridized carbons (Fsp3) is 0.231. The Morgan fingerprint density at radius 2 is 1.69 bits per heavy atom. The van der Waals surface area contributed by atoms with Crippen LogP contribution in [0.25, 0.3) is 0 Å². The predicted octanol–water partition coefficient (Wildman–Crippen LogP) is 5.48. The molecule has 0 saturated heterocycles. The van der Waals surface area contributed by atoms with Crippen LogP contribution in [-0.4, -0.2) is 50.2 Å². The lowest BCUT2D eigenvalue weighted by molar-refractivity contribution is -0.139. The van der Waals surface area contributed by atoms with E-state index in [4.69, 9.17) is 4.74 Å². The summed E-state index contributed by atoms with van der Waals surface area (Å²) in [6, 6.07) is 32.0. The van der Waals surface area contributed by atoms with Crippen LogP contribution >= 0.6 is 0 Å². The Hall–Kier alpha value is -5.58. The van der Waals surface area contributed by atoms with Crippen molar-refractivity contribution in [1.29, 1.82) is 0 Å². The van der Waals surface area contributed by atoms with Crippen molar-refractivity contribution in [3.63, 3.8) is 0 Å². The van der Waals surface area contributed by atoms with Crippen molar-refractivity contribution in [1.82, 2.24) is 15.0 Å². The van der Waals surface area contributed by atoms with Crippen molar-refractivity contribution in [2.75, 3.05) is 23.0 Å². The van der Waals surface area contributed by atoms with E-state index in [1.54, 1.807) is 20.5 Å². The predicted molar refractivity (Wildman–Crippen MR) is 185 cm³/mol. The smallest absolute Gasteiger partial charge is 0.269 e. The molecule has 10 nitrogen and oxygen atoms in total. The molecule has 0 saturated carbocycles. The summed E-state index contributed by atoms with van der Waals surface area (Å²) in [6.45, 7) is 2.48. The molecule has 248 valence electrons. The zero-order chi connectivity index (χ0) is 34.0. The number of carbonyl (C=O) groups is 2. The maximum absolute atomic E-state index is 14.1. The number of aryl methyl sites for hydroxylation is 1. The second-order valence-electron chi connectivity index (χ2n) is 12.4. The fourth-order valence-electron chi connectivity index (χ4n) is 6.70. The first kappa shape index (κ1) is 32.0. The third-order valence-electron chi connectivity index (χ3n) is 9.30. The van der Waals surface area contributed by atoms with Crippen molar-refractivity contribution in [2.45, 2.75) is 38.0 Å². The molecular weight excluding hydrogens is 618 g/mol. The highest BCUT2D eigenvalue weighted by molar-refractivity contribution is 6.07. The Morgan fingerprint density at radius 1 is 0.939 bits per heavy atom. The van der Waals surface area contributed by atoms with Crippen molar-refractivity contribution < 1.29 is 24.5 Å². The molecule has 0 radical (unpaired) electrons. The maximum atomic E-state index is 14.1. The average molecular weight is 656 g/mol. The van der Waals surface area contributed by atoms with Crippen LogP contribution in [0.1, 0.15) is 41.6 Å². The first-order valence-corrected chi connectivity index (χ1v) is 16.4. The Kier molecular flexibility index (Phi) is 8.81. The van der Waals surface area contributed by atoms with Crippen LogP contribution in [0.15, 0.2) is 121 Å². The third-order valence-corrected chi connectivity index (χ3v) is 9.30. The summed E-state index contributed by atoms with van der Waals surface area (Å²) in [5, 5.41) is 30.6. The molecule has 1 unspecified atom stereocenters. The normalized spacial score (nSPS) is 18.3. The lowest BCUT2D eigenvalue weighted by atomic mass is 9.83. The fourth-order valence-corrected chi connectivity index (χ4v) is 6.70. The molecule has 0 fully saturated rings. The standard InChI is InChI=1S/C39H37N5O5/c1-27(12-9-10-21-42-24-33(40-41-42)31(25-45)29-14-3-2-4-15-29)39(48)32-17-5-6-18-34(32)43(38(39)47)23-28-13-11-16-30(22-28)44-35-19-7-8-20-36(35)49-26-37(44)46/h2-9,11-20,22,24,27,31,45,48H,10,21,23,25-26H2,1H3/b12-9+/t27-,31?,39+/m1/s1. The van der Waals surface area contributed by atoms with E-state index >= 15 is 0 Å². The molecule has 2 amide bonds. The number of hydrogen-bond donors (Lipinski definition) is 2. The summed E-state index contributed by atoms with van der Waals surface area (Å²) < 4.78 is 7.35. The van der Waals surface area contributed by atoms with Crippen molar-refractivity contribution >= 4 is 28.9 Å². The SMILES string of the molecule is C[C@H](/C=C/CCn1cc(C(CO)c2ccccc2)nn1)[C@@]1(O)C(=O)N(Cc2cccc(N3C(=O)COc4ccccc43)c2)c2ccccc21. The van der Waals surface area contributed by atoms with E-state index in [2.05, 4.69) is 10.3 Å².